The number of likely N-dealkylation sites (N-methyl/N-ethyl adjacent to an activating group) is 1. The Morgan fingerprint density at radius 1 is 0.917 bits per heavy atom. The lowest BCUT2D eigenvalue weighted by molar-refractivity contribution is -0.136. The Morgan fingerprint density at radius 2 is 1.65 bits per heavy atom. The maximum absolute atomic E-state index is 13.6. The molecule has 1 aliphatic rings. The highest BCUT2D eigenvalue weighted by atomic mass is 32.1. The Labute approximate surface area is 284 Å². The van der Waals surface area contributed by atoms with Crippen LogP contribution in [0.2, 0.25) is 0 Å². The SMILES string of the molecule is CC(C)[C@@H]1NC(=O)[C@H](C)NC(=O)c2csc(n2)[C@H](Cc2ccccc2)NC(=O)CN(Cc2nccn2C)CCN(C)C(=O)[C@@H](C)NC1=O. The molecule has 1 aliphatic heterocycles. The third-order valence-corrected chi connectivity index (χ3v) is 9.13. The normalized spacial score (nSPS) is 22.8. The number of benzene rings is 1. The van der Waals surface area contributed by atoms with E-state index >= 15 is 0 Å². The van der Waals surface area contributed by atoms with Crippen molar-refractivity contribution in [3.63, 3.8) is 0 Å². The predicted molar refractivity (Wildman–Crippen MR) is 181 cm³/mol. The fourth-order valence-electron chi connectivity index (χ4n) is 5.25. The van der Waals surface area contributed by atoms with Crippen LogP contribution in [-0.2, 0) is 39.2 Å². The molecule has 0 unspecified atom stereocenters. The monoisotopic (exact) mass is 679 g/mol. The van der Waals surface area contributed by atoms with Gasteiger partial charge in [0.05, 0.1) is 19.1 Å². The molecule has 0 aliphatic carbocycles. The zero-order valence-electron chi connectivity index (χ0n) is 28.2. The van der Waals surface area contributed by atoms with E-state index in [0.717, 1.165) is 11.4 Å². The third kappa shape index (κ3) is 9.70. The first kappa shape index (κ1) is 36.2. The summed E-state index contributed by atoms with van der Waals surface area (Å²) in [6.45, 7) is 7.64. The molecule has 4 N–H and O–H groups in total. The number of carbonyl (C=O) groups excluding carboxylic acids is 5. The molecule has 2 aromatic heterocycles. The van der Waals surface area contributed by atoms with Crippen LogP contribution < -0.4 is 21.3 Å². The number of fused-ring (bicyclic) bond motifs is 2. The second-order valence-electron chi connectivity index (χ2n) is 12.5. The summed E-state index contributed by atoms with van der Waals surface area (Å²) in [6.07, 6.45) is 3.95. The number of rotatable bonds is 5. The molecule has 3 heterocycles. The molecule has 4 atom stereocenters. The fraction of sp³-hybridized carbons (Fsp3) is 0.485. The number of aryl methyl sites for hydroxylation is 1. The minimum atomic E-state index is -0.986. The highest BCUT2D eigenvalue weighted by Crippen LogP contribution is 2.23. The third-order valence-electron chi connectivity index (χ3n) is 8.17. The van der Waals surface area contributed by atoms with Crippen LogP contribution in [0.4, 0.5) is 0 Å². The first-order chi connectivity index (χ1) is 22.8. The molecule has 48 heavy (non-hydrogen) atoms. The summed E-state index contributed by atoms with van der Waals surface area (Å²) in [6, 6.07) is 6.31. The Kier molecular flexibility index (Phi) is 12.4. The molecule has 4 rings (SSSR count). The number of carbonyl (C=O) groups is 5. The van der Waals surface area contributed by atoms with E-state index in [9.17, 15) is 24.0 Å². The molecule has 0 radical (unpaired) electrons. The Bertz CT molecular complexity index is 1590. The van der Waals surface area contributed by atoms with Gasteiger partial charge in [-0.25, -0.2) is 9.97 Å². The van der Waals surface area contributed by atoms with Gasteiger partial charge in [-0.3, -0.25) is 28.9 Å². The van der Waals surface area contributed by atoms with Gasteiger partial charge in [-0.1, -0.05) is 44.2 Å². The largest absolute Gasteiger partial charge is 0.345 e. The van der Waals surface area contributed by atoms with Crippen LogP contribution in [0.15, 0.2) is 48.1 Å². The Balaban J connectivity index is 1.65. The Hall–Kier alpha value is -4.63. The molecule has 0 fully saturated rings. The average molecular weight is 680 g/mol. The van der Waals surface area contributed by atoms with Crippen LogP contribution in [0, 0.1) is 5.92 Å². The summed E-state index contributed by atoms with van der Waals surface area (Å²) in [7, 11) is 3.51. The van der Waals surface area contributed by atoms with E-state index in [1.165, 1.54) is 23.2 Å². The highest BCUT2D eigenvalue weighted by Gasteiger charge is 2.31. The molecule has 0 spiro atoms. The van der Waals surface area contributed by atoms with Gasteiger partial charge < -0.3 is 30.7 Å². The summed E-state index contributed by atoms with van der Waals surface area (Å²) >= 11 is 1.24. The van der Waals surface area contributed by atoms with Gasteiger partial charge >= 0.3 is 0 Å². The van der Waals surface area contributed by atoms with Crippen molar-refractivity contribution in [3.05, 3.63) is 70.2 Å². The van der Waals surface area contributed by atoms with Gasteiger partial charge in [0, 0.05) is 45.0 Å². The predicted octanol–water partition coefficient (Wildman–Crippen LogP) is 1.01. The van der Waals surface area contributed by atoms with Crippen LogP contribution in [0.25, 0.3) is 0 Å². The number of aromatic nitrogens is 3. The van der Waals surface area contributed by atoms with Crippen molar-refractivity contribution in [1.82, 2.24) is 45.6 Å². The molecule has 258 valence electrons. The summed E-state index contributed by atoms with van der Waals surface area (Å²) < 4.78 is 1.87. The average Bonchev–Trinajstić information content (AvgIpc) is 3.70. The highest BCUT2D eigenvalue weighted by molar-refractivity contribution is 7.09. The molecule has 0 saturated heterocycles. The molecule has 5 amide bonds. The fourth-order valence-corrected chi connectivity index (χ4v) is 6.10. The summed E-state index contributed by atoms with van der Waals surface area (Å²) in [5, 5.41) is 13.3. The van der Waals surface area contributed by atoms with E-state index < -0.39 is 41.9 Å². The van der Waals surface area contributed by atoms with Crippen molar-refractivity contribution in [2.45, 2.75) is 64.8 Å². The summed E-state index contributed by atoms with van der Waals surface area (Å²) in [5.74, 6) is -1.79. The summed E-state index contributed by atoms with van der Waals surface area (Å²) in [4.78, 5) is 78.9. The smallest absolute Gasteiger partial charge is 0.271 e. The second-order valence-corrected chi connectivity index (χ2v) is 13.4. The van der Waals surface area contributed by atoms with Gasteiger partial charge in [-0.2, -0.15) is 0 Å². The number of thiazole rings is 1. The van der Waals surface area contributed by atoms with E-state index in [2.05, 4.69) is 31.2 Å². The molecule has 14 nitrogen and oxygen atoms in total. The van der Waals surface area contributed by atoms with Crippen LogP contribution >= 0.6 is 11.3 Å². The van der Waals surface area contributed by atoms with Crippen molar-refractivity contribution in [2.75, 3.05) is 26.7 Å². The van der Waals surface area contributed by atoms with Gasteiger partial charge in [-0.15, -0.1) is 11.3 Å². The molecule has 1 aromatic carbocycles. The van der Waals surface area contributed by atoms with E-state index in [-0.39, 0.29) is 36.5 Å². The van der Waals surface area contributed by atoms with E-state index in [4.69, 9.17) is 0 Å². The quantitative estimate of drug-likeness (QED) is 0.310. The molecular weight excluding hydrogens is 634 g/mol. The minimum absolute atomic E-state index is 0.00650. The number of amides is 5. The molecule has 2 bridgehead atoms. The number of hydrogen-bond acceptors (Lipinski definition) is 9. The summed E-state index contributed by atoms with van der Waals surface area (Å²) in [5.41, 5.74) is 1.08. The first-order valence-electron chi connectivity index (χ1n) is 16.0. The van der Waals surface area contributed by atoms with Crippen LogP contribution in [0.1, 0.15) is 60.6 Å². The van der Waals surface area contributed by atoms with Gasteiger partial charge in [0.25, 0.3) is 5.91 Å². The second kappa shape index (κ2) is 16.5. The van der Waals surface area contributed by atoms with Gasteiger partial charge in [0.15, 0.2) is 0 Å². The lowest BCUT2D eigenvalue weighted by atomic mass is 10.0. The minimum Gasteiger partial charge on any atom is -0.345 e. The van der Waals surface area contributed by atoms with Crippen LogP contribution in [-0.4, -0.2) is 98.7 Å². The van der Waals surface area contributed by atoms with Crippen LogP contribution in [0.3, 0.4) is 0 Å². The standard InChI is InChI=1S/C33H45N9O5S/c1-20(2)28-31(46)36-22(4)33(47)41(6)14-15-42(17-26-34-12-13-40(26)5)18-27(43)37-24(16-23-10-8-7-9-11-23)32-38-25(19-48-32)30(45)35-21(3)29(44)39-28/h7-13,19-22,24,28H,14-18H2,1-6H3,(H,35,45)(H,36,46)(H,37,43)(H,39,44)/t21-,22+,24-,28-/m0/s1. The first-order valence-corrected chi connectivity index (χ1v) is 16.8. The lowest BCUT2D eigenvalue weighted by Gasteiger charge is -2.28. The van der Waals surface area contributed by atoms with Crippen molar-refractivity contribution in [2.24, 2.45) is 13.0 Å². The number of imidazole rings is 1. The van der Waals surface area contributed by atoms with Crippen molar-refractivity contribution < 1.29 is 24.0 Å². The maximum atomic E-state index is 13.6. The number of nitrogens with zero attached hydrogens (tertiary/aromatic N) is 5. The molecular formula is C33H45N9O5S. The topological polar surface area (TPSA) is 171 Å². The molecule has 3 aromatic rings. The maximum Gasteiger partial charge on any atom is 0.271 e. The molecule has 15 heteroatoms. The number of nitrogens with one attached hydrogen (secondary N) is 4. The Morgan fingerprint density at radius 3 is 2.31 bits per heavy atom. The van der Waals surface area contributed by atoms with E-state index in [1.807, 2.05) is 53.0 Å². The van der Waals surface area contributed by atoms with Crippen molar-refractivity contribution in [1.29, 1.82) is 0 Å². The zero-order chi connectivity index (χ0) is 35.0. The van der Waals surface area contributed by atoms with Crippen molar-refractivity contribution >= 4 is 40.9 Å². The van der Waals surface area contributed by atoms with Crippen LogP contribution in [0.5, 0.6) is 0 Å². The zero-order valence-corrected chi connectivity index (χ0v) is 29.0. The molecule has 0 saturated carbocycles. The van der Waals surface area contributed by atoms with E-state index in [0.29, 0.717) is 24.5 Å². The van der Waals surface area contributed by atoms with E-state index in [1.54, 1.807) is 39.4 Å². The number of hydrogen-bond donors (Lipinski definition) is 4. The van der Waals surface area contributed by atoms with Gasteiger partial charge in [0.2, 0.25) is 23.6 Å². The van der Waals surface area contributed by atoms with Crippen molar-refractivity contribution in [3.8, 4) is 0 Å². The van der Waals surface area contributed by atoms with Gasteiger partial charge in [-0.05, 0) is 31.7 Å². The van der Waals surface area contributed by atoms with Gasteiger partial charge in [0.1, 0.15) is 34.7 Å². The lowest BCUT2D eigenvalue weighted by Crippen LogP contribution is -2.57.